The van der Waals surface area contributed by atoms with Gasteiger partial charge in [-0.3, -0.25) is 0 Å². The van der Waals surface area contributed by atoms with Crippen LogP contribution in [-0.4, -0.2) is 4.89 Å². The zero-order valence-corrected chi connectivity index (χ0v) is 7.18. The monoisotopic (exact) mass is 154 g/mol. The maximum absolute atomic E-state index is 8.81. The van der Waals surface area contributed by atoms with Crippen LogP contribution >= 0.6 is 8.81 Å². The average Bonchev–Trinajstić information content (AvgIpc) is 1.85. The normalized spacial score (nSPS) is 11.1. The molecule has 1 rings (SSSR count). The van der Waals surface area contributed by atoms with Gasteiger partial charge >= 0.3 is 0 Å². The molecule has 0 aliphatic carbocycles. The summed E-state index contributed by atoms with van der Waals surface area (Å²) in [6.45, 7) is 4.08. The molecule has 10 heavy (non-hydrogen) atoms. The molecule has 0 fully saturated rings. The molecule has 0 aromatic heterocycles. The molecule has 0 aliphatic rings. The second-order valence-electron chi connectivity index (χ2n) is 2.49. The fourth-order valence-electron chi connectivity index (χ4n) is 1.04. The Kier molecular flexibility index (Phi) is 2.42. The van der Waals surface area contributed by atoms with Crippen molar-refractivity contribution in [3.8, 4) is 0 Å². The summed E-state index contributed by atoms with van der Waals surface area (Å²) in [6, 6.07) is 6.11. The van der Waals surface area contributed by atoms with Gasteiger partial charge in [0.05, 0.1) is 0 Å². The Hall–Kier alpha value is -0.390. The van der Waals surface area contributed by atoms with E-state index < -0.39 is 0 Å². The zero-order chi connectivity index (χ0) is 7.56. The van der Waals surface area contributed by atoms with Crippen LogP contribution < -0.4 is 5.30 Å². The van der Waals surface area contributed by atoms with Gasteiger partial charge < -0.3 is 4.89 Å². The van der Waals surface area contributed by atoms with Crippen molar-refractivity contribution in [2.45, 2.75) is 13.8 Å². The second-order valence-corrected chi connectivity index (χ2v) is 3.29. The molecular weight excluding hydrogens is 143 g/mol. The lowest BCUT2D eigenvalue weighted by molar-refractivity contribution is 0.655. The van der Waals surface area contributed by atoms with Gasteiger partial charge in [0.2, 0.25) is 0 Å². The van der Waals surface area contributed by atoms with Crippen molar-refractivity contribution in [2.75, 3.05) is 0 Å². The van der Waals surface area contributed by atoms with Crippen LogP contribution in [0.2, 0.25) is 0 Å². The van der Waals surface area contributed by atoms with Crippen LogP contribution in [0.15, 0.2) is 18.2 Å². The van der Waals surface area contributed by atoms with Crippen molar-refractivity contribution >= 4 is 14.1 Å². The molecule has 54 valence electrons. The molecular formula is C8H11OP. The quantitative estimate of drug-likeness (QED) is 0.608. The number of hydrogen-bond donors (Lipinski definition) is 1. The molecule has 1 atom stereocenters. The molecule has 1 aromatic rings. The van der Waals surface area contributed by atoms with E-state index in [9.17, 15) is 0 Å². The maximum atomic E-state index is 8.81. The standard InChI is InChI=1S/C8H11OP/c1-6-3-7(2)5-8(4-6)10-9/h3-5,9-10H,1-2H3. The Morgan fingerprint density at radius 3 is 2.00 bits per heavy atom. The van der Waals surface area contributed by atoms with Crippen LogP contribution in [0.25, 0.3) is 0 Å². The van der Waals surface area contributed by atoms with Crippen LogP contribution in [0.5, 0.6) is 0 Å². The molecule has 1 unspecified atom stereocenters. The summed E-state index contributed by atoms with van der Waals surface area (Å²) in [5.41, 5.74) is 2.44. The average molecular weight is 154 g/mol. The highest BCUT2D eigenvalue weighted by molar-refractivity contribution is 7.40. The van der Waals surface area contributed by atoms with E-state index in [2.05, 4.69) is 6.07 Å². The van der Waals surface area contributed by atoms with Gasteiger partial charge in [0.1, 0.15) is 0 Å². The number of aryl methyl sites for hydroxylation is 2. The molecule has 0 spiro atoms. The van der Waals surface area contributed by atoms with Gasteiger partial charge in [-0.25, -0.2) is 0 Å². The first-order valence-electron chi connectivity index (χ1n) is 3.21. The lowest BCUT2D eigenvalue weighted by Crippen LogP contribution is -1.94. The van der Waals surface area contributed by atoms with E-state index in [4.69, 9.17) is 4.89 Å². The minimum atomic E-state index is -0.0772. The van der Waals surface area contributed by atoms with E-state index in [0.717, 1.165) is 5.30 Å². The van der Waals surface area contributed by atoms with E-state index in [-0.39, 0.29) is 8.81 Å². The Labute approximate surface area is 63.0 Å². The van der Waals surface area contributed by atoms with Crippen LogP contribution in [0, 0.1) is 13.8 Å². The lowest BCUT2D eigenvalue weighted by atomic mass is 10.2. The largest absolute Gasteiger partial charge is 0.372 e. The zero-order valence-electron chi connectivity index (χ0n) is 6.18. The summed E-state index contributed by atoms with van der Waals surface area (Å²) in [5, 5.41) is 1.03. The maximum Gasteiger partial charge on any atom is 0.0420 e. The van der Waals surface area contributed by atoms with Crippen molar-refractivity contribution in [3.05, 3.63) is 29.3 Å². The van der Waals surface area contributed by atoms with Gasteiger partial charge in [-0.05, 0) is 31.3 Å². The van der Waals surface area contributed by atoms with Gasteiger partial charge in [-0.1, -0.05) is 17.2 Å². The van der Waals surface area contributed by atoms with Gasteiger partial charge in [0.15, 0.2) is 0 Å². The van der Waals surface area contributed by atoms with Crippen LogP contribution in [0.1, 0.15) is 11.1 Å². The number of rotatable bonds is 1. The van der Waals surface area contributed by atoms with Gasteiger partial charge in [-0.2, -0.15) is 0 Å². The Balaban J connectivity index is 3.06. The molecule has 0 amide bonds. The van der Waals surface area contributed by atoms with Crippen LogP contribution in [0.4, 0.5) is 0 Å². The highest BCUT2D eigenvalue weighted by Crippen LogP contribution is 2.07. The summed E-state index contributed by atoms with van der Waals surface area (Å²) in [6.07, 6.45) is 0. The molecule has 0 aliphatic heterocycles. The summed E-state index contributed by atoms with van der Waals surface area (Å²) < 4.78 is 0. The Morgan fingerprint density at radius 1 is 1.10 bits per heavy atom. The molecule has 0 bridgehead atoms. The van der Waals surface area contributed by atoms with Crippen molar-refractivity contribution in [3.63, 3.8) is 0 Å². The first-order chi connectivity index (χ1) is 4.72. The predicted octanol–water partition coefficient (Wildman–Crippen LogP) is 1.51. The van der Waals surface area contributed by atoms with E-state index in [1.54, 1.807) is 0 Å². The Morgan fingerprint density at radius 2 is 1.60 bits per heavy atom. The molecule has 1 aromatic carbocycles. The molecule has 1 nitrogen and oxygen atoms in total. The van der Waals surface area contributed by atoms with Crippen LogP contribution in [0.3, 0.4) is 0 Å². The molecule has 0 heterocycles. The van der Waals surface area contributed by atoms with E-state index >= 15 is 0 Å². The van der Waals surface area contributed by atoms with Crippen molar-refractivity contribution in [2.24, 2.45) is 0 Å². The second kappa shape index (κ2) is 3.14. The SMILES string of the molecule is Cc1cc(C)cc(PO)c1. The van der Waals surface area contributed by atoms with E-state index in [1.807, 2.05) is 26.0 Å². The lowest BCUT2D eigenvalue weighted by Gasteiger charge is -1.99. The third-order valence-corrected chi connectivity index (χ3v) is 1.90. The van der Waals surface area contributed by atoms with Crippen molar-refractivity contribution in [1.82, 2.24) is 0 Å². The predicted molar refractivity (Wildman–Crippen MR) is 46.1 cm³/mol. The third kappa shape index (κ3) is 1.80. The summed E-state index contributed by atoms with van der Waals surface area (Å²) >= 11 is 0. The van der Waals surface area contributed by atoms with Crippen molar-refractivity contribution < 1.29 is 4.89 Å². The van der Waals surface area contributed by atoms with Gasteiger partial charge in [-0.15, -0.1) is 0 Å². The topological polar surface area (TPSA) is 20.2 Å². The number of benzene rings is 1. The summed E-state index contributed by atoms with van der Waals surface area (Å²) in [5.74, 6) is 0. The molecule has 0 radical (unpaired) electrons. The highest BCUT2D eigenvalue weighted by Gasteiger charge is 1.92. The number of hydrogen-bond acceptors (Lipinski definition) is 1. The smallest absolute Gasteiger partial charge is 0.0420 e. The first kappa shape index (κ1) is 7.71. The first-order valence-corrected chi connectivity index (χ1v) is 4.15. The van der Waals surface area contributed by atoms with E-state index in [0.29, 0.717) is 0 Å². The molecule has 1 N–H and O–H groups in total. The summed E-state index contributed by atoms with van der Waals surface area (Å²) in [7, 11) is -0.0772. The third-order valence-electron chi connectivity index (χ3n) is 1.35. The molecule has 0 saturated heterocycles. The van der Waals surface area contributed by atoms with Crippen LogP contribution in [-0.2, 0) is 0 Å². The molecule has 2 heteroatoms. The van der Waals surface area contributed by atoms with E-state index in [1.165, 1.54) is 11.1 Å². The highest BCUT2D eigenvalue weighted by atomic mass is 31.1. The minimum Gasteiger partial charge on any atom is -0.372 e. The fourth-order valence-corrected chi connectivity index (χ4v) is 1.62. The molecule has 0 saturated carbocycles. The van der Waals surface area contributed by atoms with Crippen molar-refractivity contribution in [1.29, 1.82) is 0 Å². The minimum absolute atomic E-state index is 0.0772. The van der Waals surface area contributed by atoms with Gasteiger partial charge in [0.25, 0.3) is 0 Å². The van der Waals surface area contributed by atoms with Gasteiger partial charge in [0, 0.05) is 8.81 Å². The fraction of sp³-hybridized carbons (Fsp3) is 0.250. The Bertz CT molecular complexity index is 212. The summed E-state index contributed by atoms with van der Waals surface area (Å²) in [4.78, 5) is 8.81.